The lowest BCUT2D eigenvalue weighted by atomic mass is 10.0. The van der Waals surface area contributed by atoms with Gasteiger partial charge in [0.1, 0.15) is 11.8 Å². The van der Waals surface area contributed by atoms with Gasteiger partial charge in [0, 0.05) is 32.6 Å². The smallest absolute Gasteiger partial charge is 0.266 e. The van der Waals surface area contributed by atoms with Crippen LogP contribution in [0.2, 0.25) is 0 Å². The zero-order valence-corrected chi connectivity index (χ0v) is 18.5. The molecule has 2 fully saturated rings. The van der Waals surface area contributed by atoms with Crippen molar-refractivity contribution >= 4 is 23.6 Å². The van der Waals surface area contributed by atoms with Crippen LogP contribution in [0.5, 0.6) is 5.75 Å². The fourth-order valence-electron chi connectivity index (χ4n) is 4.52. The van der Waals surface area contributed by atoms with Crippen molar-refractivity contribution in [3.05, 3.63) is 29.3 Å². The molecule has 1 atom stereocenters. The average Bonchev–Trinajstić information content (AvgIpc) is 3.06. The largest absolute Gasteiger partial charge is 0.493 e. The number of carbonyl (C=O) groups is 4. The molecule has 1 aromatic rings. The summed E-state index contributed by atoms with van der Waals surface area (Å²) < 4.78 is 5.88. The van der Waals surface area contributed by atoms with Gasteiger partial charge < -0.3 is 9.64 Å². The first-order valence-electron chi connectivity index (χ1n) is 11.3. The highest BCUT2D eigenvalue weighted by molar-refractivity contribution is 6.24. The van der Waals surface area contributed by atoms with E-state index in [0.29, 0.717) is 18.9 Å². The molecular formula is C24H28N4O5. The number of fused-ring (bicyclic) bond motifs is 1. The Morgan fingerprint density at radius 3 is 2.52 bits per heavy atom. The van der Waals surface area contributed by atoms with Crippen LogP contribution in [0.3, 0.4) is 0 Å². The number of nitrogens with zero attached hydrogens (tertiary/aromatic N) is 3. The summed E-state index contributed by atoms with van der Waals surface area (Å²) in [6, 6.07) is 3.92. The molecule has 1 N–H and O–H groups in total. The van der Waals surface area contributed by atoms with Crippen LogP contribution in [0.15, 0.2) is 18.2 Å². The van der Waals surface area contributed by atoms with Gasteiger partial charge in [0.05, 0.1) is 24.3 Å². The molecule has 3 aliphatic rings. The molecule has 1 unspecified atom stereocenters. The number of hydrogen-bond donors (Lipinski definition) is 1. The van der Waals surface area contributed by atoms with Crippen molar-refractivity contribution in [3.8, 4) is 18.1 Å². The maximum absolute atomic E-state index is 13.1. The number of imide groups is 2. The fraction of sp³-hybridized carbons (Fsp3) is 0.500. The molecule has 0 bridgehead atoms. The molecule has 0 aliphatic carbocycles. The van der Waals surface area contributed by atoms with E-state index in [1.54, 1.807) is 18.2 Å². The number of benzene rings is 1. The van der Waals surface area contributed by atoms with E-state index in [9.17, 15) is 19.2 Å². The highest BCUT2D eigenvalue weighted by Gasteiger charge is 2.45. The summed E-state index contributed by atoms with van der Waals surface area (Å²) in [6.07, 6.45) is 7.36. The minimum atomic E-state index is -0.982. The van der Waals surface area contributed by atoms with Crippen LogP contribution in [-0.4, -0.2) is 90.2 Å². The summed E-state index contributed by atoms with van der Waals surface area (Å²) in [6.45, 7) is 6.07. The van der Waals surface area contributed by atoms with Crippen LogP contribution >= 0.6 is 0 Å². The SMILES string of the molecule is C#CCN1CCN(CCCCOc2cccc3c2C(=O)N(C2CCC(=O)NC2=O)C3=O)CC1. The molecule has 4 rings (SSSR count). The van der Waals surface area contributed by atoms with Gasteiger partial charge in [-0.3, -0.25) is 34.3 Å². The lowest BCUT2D eigenvalue weighted by Crippen LogP contribution is -2.54. The van der Waals surface area contributed by atoms with Gasteiger partial charge in [0.2, 0.25) is 11.8 Å². The zero-order chi connectivity index (χ0) is 23.4. The Hall–Kier alpha value is -3.22. The molecule has 9 nitrogen and oxygen atoms in total. The van der Waals surface area contributed by atoms with Crippen LogP contribution in [-0.2, 0) is 9.59 Å². The predicted octanol–water partition coefficient (Wildman–Crippen LogP) is 0.498. The van der Waals surface area contributed by atoms with Crippen molar-refractivity contribution in [1.82, 2.24) is 20.0 Å². The van der Waals surface area contributed by atoms with E-state index >= 15 is 0 Å². The standard InChI is InChI=1S/C24H28N4O5/c1-2-10-26-12-14-27(15-13-26)11-3-4-16-33-19-7-5-6-17-21(19)24(32)28(23(17)31)18-8-9-20(29)25-22(18)30/h1,5-7,18H,3-4,8-16H2,(H,25,29,30). The third-order valence-electron chi connectivity index (χ3n) is 6.34. The molecule has 174 valence electrons. The van der Waals surface area contributed by atoms with E-state index < -0.39 is 29.7 Å². The van der Waals surface area contributed by atoms with Crippen molar-refractivity contribution in [2.75, 3.05) is 45.9 Å². The number of nitrogens with one attached hydrogen (secondary N) is 1. The normalized spacial score (nSPS) is 21.7. The van der Waals surface area contributed by atoms with Gasteiger partial charge in [-0.1, -0.05) is 12.0 Å². The average molecular weight is 453 g/mol. The molecule has 33 heavy (non-hydrogen) atoms. The quantitative estimate of drug-likeness (QED) is 0.348. The summed E-state index contributed by atoms with van der Waals surface area (Å²) >= 11 is 0. The second kappa shape index (κ2) is 10.1. The fourth-order valence-corrected chi connectivity index (χ4v) is 4.52. The van der Waals surface area contributed by atoms with Crippen LogP contribution in [0, 0.1) is 12.3 Å². The van der Waals surface area contributed by atoms with Gasteiger partial charge in [-0.15, -0.1) is 6.42 Å². The molecule has 9 heteroatoms. The number of carbonyl (C=O) groups excluding carboxylic acids is 4. The van der Waals surface area contributed by atoms with Gasteiger partial charge in [0.15, 0.2) is 0 Å². The third-order valence-corrected chi connectivity index (χ3v) is 6.34. The Morgan fingerprint density at radius 1 is 1.03 bits per heavy atom. The van der Waals surface area contributed by atoms with Crippen molar-refractivity contribution in [2.45, 2.75) is 31.7 Å². The first-order valence-corrected chi connectivity index (χ1v) is 11.3. The second-order valence-corrected chi connectivity index (χ2v) is 8.50. The Labute approximate surface area is 193 Å². The monoisotopic (exact) mass is 452 g/mol. The molecule has 0 radical (unpaired) electrons. The maximum atomic E-state index is 13.1. The summed E-state index contributed by atoms with van der Waals surface area (Å²) in [7, 11) is 0. The van der Waals surface area contributed by atoms with Crippen molar-refractivity contribution < 1.29 is 23.9 Å². The number of terminal acetylenes is 1. The summed E-state index contributed by atoms with van der Waals surface area (Å²) in [5.74, 6) is 0.938. The van der Waals surface area contributed by atoms with Crippen molar-refractivity contribution in [2.24, 2.45) is 0 Å². The molecular weight excluding hydrogens is 424 g/mol. The van der Waals surface area contributed by atoms with Crippen LogP contribution in [0.1, 0.15) is 46.4 Å². The molecule has 4 amide bonds. The zero-order valence-electron chi connectivity index (χ0n) is 18.5. The van der Waals surface area contributed by atoms with Gasteiger partial charge in [-0.25, -0.2) is 0 Å². The molecule has 0 saturated carbocycles. The summed E-state index contributed by atoms with van der Waals surface area (Å²) in [5.41, 5.74) is 0.420. The number of piperazine rings is 1. The number of unbranched alkanes of at least 4 members (excludes halogenated alkanes) is 1. The molecule has 2 saturated heterocycles. The lowest BCUT2D eigenvalue weighted by Gasteiger charge is -2.33. The number of rotatable bonds is 8. The maximum Gasteiger partial charge on any atom is 0.266 e. The molecule has 0 aromatic heterocycles. The van der Waals surface area contributed by atoms with Gasteiger partial charge in [-0.05, 0) is 37.9 Å². The number of hydrogen-bond acceptors (Lipinski definition) is 7. The predicted molar refractivity (Wildman–Crippen MR) is 120 cm³/mol. The van der Waals surface area contributed by atoms with E-state index in [1.165, 1.54) is 0 Å². The van der Waals surface area contributed by atoms with E-state index in [2.05, 4.69) is 21.0 Å². The first kappa shape index (κ1) is 23.0. The van der Waals surface area contributed by atoms with Crippen LogP contribution in [0.25, 0.3) is 0 Å². The molecule has 1 aromatic carbocycles. The van der Waals surface area contributed by atoms with Gasteiger partial charge in [-0.2, -0.15) is 0 Å². The van der Waals surface area contributed by atoms with E-state index in [-0.39, 0.29) is 24.0 Å². The van der Waals surface area contributed by atoms with Gasteiger partial charge in [0.25, 0.3) is 11.8 Å². The number of amides is 4. The Kier molecular flexibility index (Phi) is 7.06. The van der Waals surface area contributed by atoms with Crippen LogP contribution < -0.4 is 10.1 Å². The highest BCUT2D eigenvalue weighted by Crippen LogP contribution is 2.33. The lowest BCUT2D eigenvalue weighted by molar-refractivity contribution is -0.136. The Bertz CT molecular complexity index is 993. The number of ether oxygens (including phenoxy) is 1. The van der Waals surface area contributed by atoms with Gasteiger partial charge >= 0.3 is 0 Å². The first-order chi connectivity index (χ1) is 16.0. The Morgan fingerprint density at radius 2 is 1.79 bits per heavy atom. The Balaban J connectivity index is 1.30. The van der Waals surface area contributed by atoms with E-state index in [1.807, 2.05) is 0 Å². The third kappa shape index (κ3) is 4.92. The molecule has 3 aliphatic heterocycles. The molecule has 3 heterocycles. The second-order valence-electron chi connectivity index (χ2n) is 8.50. The minimum Gasteiger partial charge on any atom is -0.493 e. The highest BCUT2D eigenvalue weighted by atomic mass is 16.5. The van der Waals surface area contributed by atoms with Crippen LogP contribution in [0.4, 0.5) is 0 Å². The molecule has 0 spiro atoms. The summed E-state index contributed by atoms with van der Waals surface area (Å²) in [5, 5.41) is 2.20. The minimum absolute atomic E-state index is 0.0894. The van der Waals surface area contributed by atoms with E-state index in [4.69, 9.17) is 11.2 Å². The van der Waals surface area contributed by atoms with Crippen molar-refractivity contribution in [1.29, 1.82) is 0 Å². The number of piperidine rings is 1. The van der Waals surface area contributed by atoms with E-state index in [0.717, 1.165) is 50.5 Å². The summed E-state index contributed by atoms with van der Waals surface area (Å²) in [4.78, 5) is 55.2. The topological polar surface area (TPSA) is 99.3 Å². The van der Waals surface area contributed by atoms with Crippen molar-refractivity contribution in [3.63, 3.8) is 0 Å².